The maximum absolute atomic E-state index is 13.1. The van der Waals surface area contributed by atoms with Crippen LogP contribution >= 0.6 is 0 Å². The first-order chi connectivity index (χ1) is 6.43. The summed E-state index contributed by atoms with van der Waals surface area (Å²) in [6.45, 7) is 1.21. The number of hydrogen-bond acceptors (Lipinski definition) is 2. The van der Waals surface area contributed by atoms with E-state index in [1.165, 1.54) is 6.92 Å². The number of carboxylic acid groups (broad SMARTS) is 1. The van der Waals surface area contributed by atoms with E-state index in [9.17, 15) is 13.6 Å². The number of halogens is 2. The van der Waals surface area contributed by atoms with Gasteiger partial charge in [0.25, 0.3) is 0 Å². The van der Waals surface area contributed by atoms with Crippen molar-refractivity contribution < 1.29 is 18.7 Å². The molecule has 1 atom stereocenters. The molecule has 1 aromatic carbocycles. The van der Waals surface area contributed by atoms with Crippen molar-refractivity contribution in [3.63, 3.8) is 0 Å². The monoisotopic (exact) mass is 201 g/mol. The van der Waals surface area contributed by atoms with Crippen molar-refractivity contribution in [2.24, 2.45) is 0 Å². The predicted octanol–water partition coefficient (Wildman–Crippen LogP) is 1.74. The molecule has 3 N–H and O–H groups in total. The van der Waals surface area contributed by atoms with Gasteiger partial charge in [0.1, 0.15) is 11.6 Å². The maximum Gasteiger partial charge on any atom is 0.310 e. The SMILES string of the molecule is C[C@H](C(=O)O)c1c(F)cc(N)cc1F. The first-order valence-corrected chi connectivity index (χ1v) is 3.90. The number of aliphatic carboxylic acids is 1. The summed E-state index contributed by atoms with van der Waals surface area (Å²) in [5.74, 6) is -4.38. The molecule has 0 fully saturated rings. The lowest BCUT2D eigenvalue weighted by Crippen LogP contribution is -2.12. The summed E-state index contributed by atoms with van der Waals surface area (Å²) in [6, 6.07) is 1.80. The van der Waals surface area contributed by atoms with Gasteiger partial charge in [-0.25, -0.2) is 8.78 Å². The molecule has 0 saturated carbocycles. The molecule has 0 saturated heterocycles. The van der Waals surface area contributed by atoms with Gasteiger partial charge in [-0.2, -0.15) is 0 Å². The largest absolute Gasteiger partial charge is 0.481 e. The Bertz CT molecular complexity index is 356. The van der Waals surface area contributed by atoms with Gasteiger partial charge in [-0.1, -0.05) is 0 Å². The fourth-order valence-corrected chi connectivity index (χ4v) is 1.14. The molecule has 0 aliphatic rings. The summed E-state index contributed by atoms with van der Waals surface area (Å²) >= 11 is 0. The molecule has 76 valence electrons. The number of benzene rings is 1. The molecule has 0 amide bonds. The average Bonchev–Trinajstić information content (AvgIpc) is 2.01. The topological polar surface area (TPSA) is 63.3 Å². The zero-order valence-corrected chi connectivity index (χ0v) is 7.42. The van der Waals surface area contributed by atoms with Gasteiger partial charge in [-0.15, -0.1) is 0 Å². The molecule has 0 bridgehead atoms. The number of nitrogen functional groups attached to an aromatic ring is 1. The summed E-state index contributed by atoms with van der Waals surface area (Å²) in [6.07, 6.45) is 0. The number of anilines is 1. The van der Waals surface area contributed by atoms with Crippen molar-refractivity contribution in [2.75, 3.05) is 5.73 Å². The molecule has 1 rings (SSSR count). The minimum atomic E-state index is -1.28. The van der Waals surface area contributed by atoms with Gasteiger partial charge in [-0.05, 0) is 19.1 Å². The van der Waals surface area contributed by atoms with Crippen LogP contribution in [0.25, 0.3) is 0 Å². The van der Waals surface area contributed by atoms with Gasteiger partial charge < -0.3 is 10.8 Å². The number of nitrogens with two attached hydrogens (primary N) is 1. The van der Waals surface area contributed by atoms with Crippen LogP contribution in [-0.4, -0.2) is 11.1 Å². The van der Waals surface area contributed by atoms with Crippen molar-refractivity contribution >= 4 is 11.7 Å². The summed E-state index contributed by atoms with van der Waals surface area (Å²) < 4.78 is 26.3. The summed E-state index contributed by atoms with van der Waals surface area (Å²) in [5.41, 5.74) is 4.64. The van der Waals surface area contributed by atoms with Crippen molar-refractivity contribution in [2.45, 2.75) is 12.8 Å². The van der Waals surface area contributed by atoms with E-state index in [1.54, 1.807) is 0 Å². The van der Waals surface area contributed by atoms with Crippen LogP contribution in [0.2, 0.25) is 0 Å². The molecular weight excluding hydrogens is 192 g/mol. The second-order valence-electron chi connectivity index (χ2n) is 2.96. The zero-order chi connectivity index (χ0) is 10.9. The van der Waals surface area contributed by atoms with Crippen LogP contribution in [0.3, 0.4) is 0 Å². The van der Waals surface area contributed by atoms with Crippen molar-refractivity contribution in [1.29, 1.82) is 0 Å². The van der Waals surface area contributed by atoms with E-state index in [0.717, 1.165) is 12.1 Å². The summed E-state index contributed by atoms with van der Waals surface area (Å²) in [7, 11) is 0. The molecule has 0 radical (unpaired) electrons. The fraction of sp³-hybridized carbons (Fsp3) is 0.222. The predicted molar refractivity (Wildman–Crippen MR) is 46.8 cm³/mol. The highest BCUT2D eigenvalue weighted by molar-refractivity contribution is 5.76. The van der Waals surface area contributed by atoms with Gasteiger partial charge in [0.05, 0.1) is 5.92 Å². The normalized spacial score (nSPS) is 12.5. The van der Waals surface area contributed by atoms with Crippen LogP contribution in [-0.2, 0) is 4.79 Å². The molecule has 3 nitrogen and oxygen atoms in total. The van der Waals surface area contributed by atoms with Crippen molar-refractivity contribution in [3.05, 3.63) is 29.3 Å². The third kappa shape index (κ3) is 1.81. The lowest BCUT2D eigenvalue weighted by Gasteiger charge is -2.09. The minimum absolute atomic E-state index is 0.0682. The van der Waals surface area contributed by atoms with Crippen LogP contribution in [0, 0.1) is 11.6 Å². The molecule has 0 spiro atoms. The Morgan fingerprint density at radius 1 is 1.43 bits per heavy atom. The minimum Gasteiger partial charge on any atom is -0.481 e. The Hall–Kier alpha value is -1.65. The number of carbonyl (C=O) groups is 1. The number of carboxylic acids is 1. The van der Waals surface area contributed by atoms with Gasteiger partial charge in [-0.3, -0.25) is 4.79 Å². The standard InChI is InChI=1S/C9H9F2NO2/c1-4(9(13)14)8-6(10)2-5(12)3-7(8)11/h2-4H,12H2,1H3,(H,13,14)/t4-/m0/s1. The molecule has 5 heteroatoms. The van der Waals surface area contributed by atoms with Crippen LogP contribution in [0.15, 0.2) is 12.1 Å². The Kier molecular flexibility index (Phi) is 2.69. The van der Waals surface area contributed by atoms with Crippen LogP contribution < -0.4 is 5.73 Å². The molecular formula is C9H9F2NO2. The first kappa shape index (κ1) is 10.4. The zero-order valence-electron chi connectivity index (χ0n) is 7.42. The second-order valence-corrected chi connectivity index (χ2v) is 2.96. The number of rotatable bonds is 2. The Morgan fingerprint density at radius 2 is 1.86 bits per heavy atom. The van der Waals surface area contributed by atoms with Gasteiger partial charge in [0.15, 0.2) is 0 Å². The highest BCUT2D eigenvalue weighted by atomic mass is 19.1. The number of hydrogen-bond donors (Lipinski definition) is 2. The lowest BCUT2D eigenvalue weighted by molar-refractivity contribution is -0.138. The molecule has 1 aromatic rings. The summed E-state index contributed by atoms with van der Waals surface area (Å²) in [5, 5.41) is 8.59. The van der Waals surface area contributed by atoms with Crippen molar-refractivity contribution in [1.82, 2.24) is 0 Å². The Balaban J connectivity index is 3.27. The Labute approximate surface area is 79.2 Å². The van der Waals surface area contributed by atoms with Crippen molar-refractivity contribution in [3.8, 4) is 0 Å². The van der Waals surface area contributed by atoms with Crippen LogP contribution in [0.1, 0.15) is 18.4 Å². The highest BCUT2D eigenvalue weighted by Crippen LogP contribution is 2.24. The van der Waals surface area contributed by atoms with E-state index in [2.05, 4.69) is 0 Å². The molecule has 0 heterocycles. The molecule has 0 unspecified atom stereocenters. The van der Waals surface area contributed by atoms with Gasteiger partial charge in [0, 0.05) is 11.3 Å². The third-order valence-electron chi connectivity index (χ3n) is 1.90. The van der Waals surface area contributed by atoms with E-state index in [-0.39, 0.29) is 5.69 Å². The van der Waals surface area contributed by atoms with Crippen LogP contribution in [0.5, 0.6) is 0 Å². The smallest absolute Gasteiger partial charge is 0.310 e. The van der Waals surface area contributed by atoms with E-state index in [1.807, 2.05) is 0 Å². The molecule has 0 aromatic heterocycles. The highest BCUT2D eigenvalue weighted by Gasteiger charge is 2.22. The van der Waals surface area contributed by atoms with E-state index >= 15 is 0 Å². The maximum atomic E-state index is 13.1. The third-order valence-corrected chi connectivity index (χ3v) is 1.90. The van der Waals surface area contributed by atoms with Gasteiger partial charge >= 0.3 is 5.97 Å². The second kappa shape index (κ2) is 3.61. The lowest BCUT2D eigenvalue weighted by atomic mass is 10.00. The summed E-state index contributed by atoms with van der Waals surface area (Å²) in [4.78, 5) is 10.5. The fourth-order valence-electron chi connectivity index (χ4n) is 1.14. The average molecular weight is 201 g/mol. The van der Waals surface area contributed by atoms with E-state index in [4.69, 9.17) is 10.8 Å². The molecule has 0 aliphatic carbocycles. The van der Waals surface area contributed by atoms with Crippen LogP contribution in [0.4, 0.5) is 14.5 Å². The Morgan fingerprint density at radius 3 is 2.21 bits per heavy atom. The quantitative estimate of drug-likeness (QED) is 0.716. The van der Waals surface area contributed by atoms with Gasteiger partial charge in [0.2, 0.25) is 0 Å². The van der Waals surface area contributed by atoms with E-state index in [0.29, 0.717) is 0 Å². The molecule has 0 aliphatic heterocycles. The molecule has 14 heavy (non-hydrogen) atoms. The van der Waals surface area contributed by atoms with E-state index < -0.39 is 29.1 Å². The first-order valence-electron chi connectivity index (χ1n) is 3.90.